The van der Waals surface area contributed by atoms with E-state index in [9.17, 15) is 26.4 Å². The van der Waals surface area contributed by atoms with Gasteiger partial charge in [-0.2, -0.15) is 17.5 Å². The van der Waals surface area contributed by atoms with Gasteiger partial charge in [-0.15, -0.1) is 0 Å². The highest BCUT2D eigenvalue weighted by Gasteiger charge is 2.34. The van der Waals surface area contributed by atoms with E-state index >= 15 is 0 Å². The van der Waals surface area contributed by atoms with Crippen LogP contribution in [-0.4, -0.2) is 25.2 Å². The number of nitrogens with one attached hydrogen (secondary N) is 1. The lowest BCUT2D eigenvalue weighted by Gasteiger charge is -2.23. The van der Waals surface area contributed by atoms with Gasteiger partial charge in [0.15, 0.2) is 0 Å². The van der Waals surface area contributed by atoms with Gasteiger partial charge < -0.3 is 5.32 Å². The molecule has 0 aromatic heterocycles. The van der Waals surface area contributed by atoms with Gasteiger partial charge in [0.1, 0.15) is 0 Å². The van der Waals surface area contributed by atoms with Crippen LogP contribution in [0.15, 0.2) is 71.6 Å². The highest BCUT2D eigenvalue weighted by molar-refractivity contribution is 7.89. The summed E-state index contributed by atoms with van der Waals surface area (Å²) in [6.07, 6.45) is -4.72. The molecule has 12 heteroatoms. The van der Waals surface area contributed by atoms with E-state index in [1.165, 1.54) is 48.5 Å². The zero-order chi connectivity index (χ0) is 25.1. The SMILES string of the molecule is O=C(CN(Cc1c(Cl)cccc1Cl)S(=O)(=O)c1ccc(Cl)cc1)Nc1ccccc1C(F)(F)F. The topological polar surface area (TPSA) is 66.5 Å². The van der Waals surface area contributed by atoms with Crippen molar-refractivity contribution in [3.63, 3.8) is 0 Å². The quantitative estimate of drug-likeness (QED) is 0.365. The molecule has 34 heavy (non-hydrogen) atoms. The first-order valence-electron chi connectivity index (χ1n) is 9.54. The van der Waals surface area contributed by atoms with Crippen molar-refractivity contribution in [2.45, 2.75) is 17.6 Å². The minimum absolute atomic E-state index is 0.159. The molecular formula is C22H16Cl3F3N2O3S. The van der Waals surface area contributed by atoms with Crippen LogP contribution < -0.4 is 5.32 Å². The van der Waals surface area contributed by atoms with Crippen LogP contribution in [0.2, 0.25) is 15.1 Å². The fourth-order valence-corrected chi connectivity index (χ4v) is 5.04. The molecule has 0 aliphatic heterocycles. The number of nitrogens with zero attached hydrogens (tertiary/aromatic N) is 1. The molecule has 3 aromatic carbocycles. The highest BCUT2D eigenvalue weighted by Crippen LogP contribution is 2.35. The molecule has 0 heterocycles. The van der Waals surface area contributed by atoms with Crippen LogP contribution in [0.5, 0.6) is 0 Å². The lowest BCUT2D eigenvalue weighted by Crippen LogP contribution is -2.38. The molecule has 1 N–H and O–H groups in total. The predicted molar refractivity (Wildman–Crippen MR) is 126 cm³/mol. The fourth-order valence-electron chi connectivity index (χ4n) is 3.03. The van der Waals surface area contributed by atoms with Crippen molar-refractivity contribution in [3.05, 3.63) is 92.9 Å². The van der Waals surface area contributed by atoms with Gasteiger partial charge in [-0.25, -0.2) is 8.42 Å². The van der Waals surface area contributed by atoms with E-state index in [2.05, 4.69) is 5.32 Å². The molecule has 3 rings (SSSR count). The van der Waals surface area contributed by atoms with Crippen molar-refractivity contribution in [1.82, 2.24) is 4.31 Å². The van der Waals surface area contributed by atoms with Gasteiger partial charge in [0.25, 0.3) is 0 Å². The molecule has 0 saturated heterocycles. The number of carbonyl (C=O) groups excluding carboxylic acids is 1. The third-order valence-corrected chi connectivity index (χ3v) is 7.44. The van der Waals surface area contributed by atoms with Crippen LogP contribution >= 0.6 is 34.8 Å². The third kappa shape index (κ3) is 6.22. The van der Waals surface area contributed by atoms with E-state index in [-0.39, 0.29) is 20.5 Å². The lowest BCUT2D eigenvalue weighted by atomic mass is 10.1. The van der Waals surface area contributed by atoms with Crippen molar-refractivity contribution in [2.75, 3.05) is 11.9 Å². The van der Waals surface area contributed by atoms with E-state index in [1.54, 1.807) is 6.07 Å². The molecule has 0 aliphatic rings. The fraction of sp³-hybridized carbons (Fsp3) is 0.136. The molecule has 1 amide bonds. The molecule has 0 saturated carbocycles. The number of alkyl halides is 3. The molecule has 0 atom stereocenters. The second-order valence-corrected chi connectivity index (χ2v) is 10.2. The zero-order valence-electron chi connectivity index (χ0n) is 17.1. The van der Waals surface area contributed by atoms with E-state index < -0.39 is 46.4 Å². The number of anilines is 1. The maximum absolute atomic E-state index is 13.3. The van der Waals surface area contributed by atoms with Crippen LogP contribution in [-0.2, 0) is 27.5 Å². The summed E-state index contributed by atoms with van der Waals surface area (Å²) in [6.45, 7) is -1.21. The summed E-state index contributed by atoms with van der Waals surface area (Å²) in [5.74, 6) is -0.989. The Bertz CT molecular complexity index is 1280. The summed E-state index contributed by atoms with van der Waals surface area (Å²) in [5.41, 5.74) is -1.34. The monoisotopic (exact) mass is 550 g/mol. The average Bonchev–Trinajstić information content (AvgIpc) is 2.75. The number of para-hydroxylation sites is 1. The number of halogens is 6. The summed E-state index contributed by atoms with van der Waals surface area (Å²) in [6, 6.07) is 14.1. The smallest absolute Gasteiger partial charge is 0.324 e. The second-order valence-electron chi connectivity index (χ2n) is 7.02. The van der Waals surface area contributed by atoms with Gasteiger partial charge in [-0.05, 0) is 48.5 Å². The van der Waals surface area contributed by atoms with Crippen molar-refractivity contribution in [1.29, 1.82) is 0 Å². The first kappa shape index (κ1) is 26.3. The molecule has 0 aliphatic carbocycles. The first-order chi connectivity index (χ1) is 15.9. The average molecular weight is 552 g/mol. The molecule has 5 nitrogen and oxygen atoms in total. The zero-order valence-corrected chi connectivity index (χ0v) is 20.2. The van der Waals surface area contributed by atoms with Crippen LogP contribution in [0.4, 0.5) is 18.9 Å². The number of sulfonamides is 1. The van der Waals surface area contributed by atoms with Crippen molar-refractivity contribution < 1.29 is 26.4 Å². The Morgan fingerprint density at radius 1 is 0.882 bits per heavy atom. The molecule has 0 unspecified atom stereocenters. The summed E-state index contributed by atoms with van der Waals surface area (Å²) in [7, 11) is -4.30. The van der Waals surface area contributed by atoms with Crippen molar-refractivity contribution >= 4 is 56.4 Å². The maximum atomic E-state index is 13.3. The minimum atomic E-state index is -4.72. The predicted octanol–water partition coefficient (Wildman–Crippen LogP) is 6.50. The number of hydrogen-bond donors (Lipinski definition) is 1. The van der Waals surface area contributed by atoms with Gasteiger partial charge in [-0.1, -0.05) is 53.0 Å². The summed E-state index contributed by atoms with van der Waals surface area (Å²) in [5, 5.41) is 2.75. The largest absolute Gasteiger partial charge is 0.418 e. The summed E-state index contributed by atoms with van der Waals surface area (Å²) >= 11 is 18.2. The molecule has 0 radical (unpaired) electrons. The number of rotatable bonds is 7. The standard InChI is InChI=1S/C22H16Cl3F3N2O3S/c23-14-8-10-15(11-9-14)34(32,33)30(12-16-18(24)5-3-6-19(16)25)13-21(31)29-20-7-2-1-4-17(20)22(26,27)28/h1-11H,12-13H2,(H,29,31). The lowest BCUT2D eigenvalue weighted by molar-refractivity contribution is -0.137. The molecule has 0 spiro atoms. The Balaban J connectivity index is 1.96. The van der Waals surface area contributed by atoms with Crippen LogP contribution in [0, 0.1) is 0 Å². The number of carbonyl (C=O) groups is 1. The van der Waals surface area contributed by atoms with Gasteiger partial charge in [0, 0.05) is 27.2 Å². The molecule has 0 fully saturated rings. The minimum Gasteiger partial charge on any atom is -0.324 e. The van der Waals surface area contributed by atoms with Crippen LogP contribution in [0.1, 0.15) is 11.1 Å². The normalized spacial score (nSPS) is 12.1. The summed E-state index contributed by atoms with van der Waals surface area (Å²) < 4.78 is 67.3. The Hall–Kier alpha value is -2.30. The number of hydrogen-bond acceptors (Lipinski definition) is 3. The first-order valence-corrected chi connectivity index (χ1v) is 12.1. The van der Waals surface area contributed by atoms with E-state index in [1.807, 2.05) is 0 Å². The Labute approximate surface area is 209 Å². The van der Waals surface area contributed by atoms with Crippen LogP contribution in [0.25, 0.3) is 0 Å². The van der Waals surface area contributed by atoms with Gasteiger partial charge in [-0.3, -0.25) is 4.79 Å². The van der Waals surface area contributed by atoms with Gasteiger partial charge in [0.2, 0.25) is 15.9 Å². The molecule has 180 valence electrons. The van der Waals surface area contributed by atoms with E-state index in [4.69, 9.17) is 34.8 Å². The Morgan fingerprint density at radius 3 is 2.06 bits per heavy atom. The van der Waals surface area contributed by atoms with Gasteiger partial charge >= 0.3 is 6.18 Å². The second kappa shape index (κ2) is 10.5. The van der Waals surface area contributed by atoms with Gasteiger partial charge in [0.05, 0.1) is 22.7 Å². The van der Waals surface area contributed by atoms with Crippen LogP contribution in [0.3, 0.4) is 0 Å². The molecular weight excluding hydrogens is 536 g/mol. The van der Waals surface area contributed by atoms with Crippen molar-refractivity contribution in [2.24, 2.45) is 0 Å². The maximum Gasteiger partial charge on any atom is 0.418 e. The number of benzene rings is 3. The Morgan fingerprint density at radius 2 is 1.47 bits per heavy atom. The summed E-state index contributed by atoms with van der Waals surface area (Å²) in [4.78, 5) is 12.5. The van der Waals surface area contributed by atoms with E-state index in [0.717, 1.165) is 16.4 Å². The van der Waals surface area contributed by atoms with E-state index in [0.29, 0.717) is 5.02 Å². The third-order valence-electron chi connectivity index (χ3n) is 4.67. The number of amides is 1. The van der Waals surface area contributed by atoms with Crippen molar-refractivity contribution in [3.8, 4) is 0 Å². The highest BCUT2D eigenvalue weighted by atomic mass is 35.5. The molecule has 3 aromatic rings. The molecule has 0 bridgehead atoms. The Kier molecular flexibility index (Phi) is 8.15.